The second-order valence-corrected chi connectivity index (χ2v) is 6.78. The molecule has 1 aliphatic rings. The van der Waals surface area contributed by atoms with Crippen molar-refractivity contribution >= 4 is 27.5 Å². The van der Waals surface area contributed by atoms with Gasteiger partial charge in [0.25, 0.3) is 15.9 Å². The van der Waals surface area contributed by atoms with Crippen molar-refractivity contribution in [2.24, 2.45) is 4.40 Å². The molecule has 0 radical (unpaired) electrons. The SMILES string of the molecule is Cc1ccc(S(=O)(=O)/N=C2/CC(=O)N(c3ccccc3)N2)cc1. The van der Waals surface area contributed by atoms with Crippen LogP contribution in [0.1, 0.15) is 12.0 Å². The third-order valence-electron chi connectivity index (χ3n) is 3.37. The lowest BCUT2D eigenvalue weighted by atomic mass is 10.2. The predicted octanol–water partition coefficient (Wildman–Crippen LogP) is 2.02. The van der Waals surface area contributed by atoms with Crippen molar-refractivity contribution in [1.82, 2.24) is 5.43 Å². The van der Waals surface area contributed by atoms with Crippen LogP contribution in [0.2, 0.25) is 0 Å². The summed E-state index contributed by atoms with van der Waals surface area (Å²) >= 11 is 0. The summed E-state index contributed by atoms with van der Waals surface area (Å²) in [7, 11) is -3.84. The summed E-state index contributed by atoms with van der Waals surface area (Å²) in [6, 6.07) is 15.3. The van der Waals surface area contributed by atoms with E-state index in [1.165, 1.54) is 17.1 Å². The van der Waals surface area contributed by atoms with Crippen molar-refractivity contribution in [3.8, 4) is 0 Å². The van der Waals surface area contributed by atoms with Gasteiger partial charge in [0.05, 0.1) is 17.0 Å². The van der Waals surface area contributed by atoms with Crippen LogP contribution in [0.3, 0.4) is 0 Å². The number of hydrazine groups is 1. The summed E-state index contributed by atoms with van der Waals surface area (Å²) in [6.45, 7) is 1.87. The highest BCUT2D eigenvalue weighted by Crippen LogP contribution is 2.19. The number of hydrogen-bond acceptors (Lipinski definition) is 3. The Balaban J connectivity index is 1.86. The first kappa shape index (κ1) is 15.2. The number of benzene rings is 2. The summed E-state index contributed by atoms with van der Waals surface area (Å²) in [5.41, 5.74) is 4.34. The van der Waals surface area contributed by atoms with E-state index in [9.17, 15) is 13.2 Å². The number of hydrogen-bond donors (Lipinski definition) is 1. The van der Waals surface area contributed by atoms with Crippen LogP contribution >= 0.6 is 0 Å². The van der Waals surface area contributed by atoms with Gasteiger partial charge in [-0.1, -0.05) is 35.9 Å². The molecule has 0 atom stereocenters. The average molecular weight is 329 g/mol. The van der Waals surface area contributed by atoms with Crippen molar-refractivity contribution in [2.75, 3.05) is 5.01 Å². The summed E-state index contributed by atoms with van der Waals surface area (Å²) in [4.78, 5) is 12.1. The minimum atomic E-state index is -3.84. The maximum Gasteiger partial charge on any atom is 0.284 e. The molecule has 6 nitrogen and oxygen atoms in total. The maximum absolute atomic E-state index is 12.3. The first-order valence-electron chi connectivity index (χ1n) is 7.01. The minimum Gasteiger partial charge on any atom is -0.277 e. The second-order valence-electron chi connectivity index (χ2n) is 5.18. The fourth-order valence-electron chi connectivity index (χ4n) is 2.20. The zero-order valence-electron chi connectivity index (χ0n) is 12.4. The van der Waals surface area contributed by atoms with Crippen LogP contribution < -0.4 is 10.4 Å². The maximum atomic E-state index is 12.3. The highest BCUT2D eigenvalue weighted by molar-refractivity contribution is 7.90. The summed E-state index contributed by atoms with van der Waals surface area (Å²) in [6.07, 6.45) is -0.0833. The number of anilines is 1. The molecule has 2 aromatic rings. The summed E-state index contributed by atoms with van der Waals surface area (Å²) in [5.74, 6) is -0.145. The Morgan fingerprint density at radius 2 is 1.70 bits per heavy atom. The molecular formula is C16H15N3O3S. The van der Waals surface area contributed by atoms with Gasteiger partial charge < -0.3 is 0 Å². The van der Waals surface area contributed by atoms with Crippen molar-refractivity contribution < 1.29 is 13.2 Å². The Morgan fingerprint density at radius 3 is 2.35 bits per heavy atom. The highest BCUT2D eigenvalue weighted by atomic mass is 32.2. The lowest BCUT2D eigenvalue weighted by Crippen LogP contribution is -2.36. The predicted molar refractivity (Wildman–Crippen MR) is 87.5 cm³/mol. The molecule has 118 valence electrons. The van der Waals surface area contributed by atoms with Gasteiger partial charge in [-0.25, -0.2) is 5.01 Å². The third kappa shape index (κ3) is 3.24. The van der Waals surface area contributed by atoms with E-state index in [0.29, 0.717) is 5.69 Å². The van der Waals surface area contributed by atoms with Crippen LogP contribution in [-0.4, -0.2) is 20.2 Å². The normalized spacial score (nSPS) is 16.7. The number of nitrogens with zero attached hydrogens (tertiary/aromatic N) is 2. The quantitative estimate of drug-likeness (QED) is 0.934. The molecule has 0 aliphatic carbocycles. The number of amides is 1. The third-order valence-corrected chi connectivity index (χ3v) is 4.70. The Kier molecular flexibility index (Phi) is 3.87. The molecular weight excluding hydrogens is 314 g/mol. The Labute approximate surface area is 134 Å². The number of nitrogens with one attached hydrogen (secondary N) is 1. The van der Waals surface area contributed by atoms with Crippen LogP contribution in [0.4, 0.5) is 5.69 Å². The molecule has 0 saturated carbocycles. The van der Waals surface area contributed by atoms with Gasteiger partial charge in [0.2, 0.25) is 0 Å². The number of carbonyl (C=O) groups excluding carboxylic acids is 1. The molecule has 0 bridgehead atoms. The Hall–Kier alpha value is -2.67. The molecule has 1 aliphatic heterocycles. The van der Waals surface area contributed by atoms with Gasteiger partial charge in [-0.15, -0.1) is 4.40 Å². The van der Waals surface area contributed by atoms with Gasteiger partial charge in [0, 0.05) is 0 Å². The van der Waals surface area contributed by atoms with Crippen molar-refractivity contribution in [2.45, 2.75) is 18.2 Å². The Bertz CT molecular complexity index is 859. The second kappa shape index (κ2) is 5.85. The highest BCUT2D eigenvalue weighted by Gasteiger charge is 2.28. The van der Waals surface area contributed by atoms with E-state index >= 15 is 0 Å². The number of aryl methyl sites for hydroxylation is 1. The molecule has 0 unspecified atom stereocenters. The van der Waals surface area contributed by atoms with Crippen LogP contribution in [0, 0.1) is 6.92 Å². The van der Waals surface area contributed by atoms with Crippen LogP contribution in [0.5, 0.6) is 0 Å². The van der Waals surface area contributed by atoms with E-state index in [2.05, 4.69) is 9.82 Å². The van der Waals surface area contributed by atoms with Gasteiger partial charge in [0.1, 0.15) is 5.84 Å². The van der Waals surface area contributed by atoms with E-state index in [1.807, 2.05) is 13.0 Å². The number of sulfonamides is 1. The molecule has 0 aromatic heterocycles. The van der Waals surface area contributed by atoms with Gasteiger partial charge >= 0.3 is 0 Å². The molecule has 1 amide bonds. The number of carbonyl (C=O) groups is 1. The molecule has 1 N–H and O–H groups in total. The molecule has 0 spiro atoms. The van der Waals surface area contributed by atoms with Gasteiger partial charge in [-0.2, -0.15) is 8.42 Å². The Morgan fingerprint density at radius 1 is 1.04 bits per heavy atom. The fraction of sp³-hybridized carbons (Fsp3) is 0.125. The molecule has 1 saturated heterocycles. The first-order valence-corrected chi connectivity index (χ1v) is 8.45. The summed E-state index contributed by atoms with van der Waals surface area (Å²) in [5, 5.41) is 1.30. The van der Waals surface area contributed by atoms with Crippen LogP contribution in [0.15, 0.2) is 63.9 Å². The molecule has 1 heterocycles. The zero-order chi connectivity index (χ0) is 16.4. The first-order chi connectivity index (χ1) is 11.0. The summed E-state index contributed by atoms with van der Waals surface area (Å²) < 4.78 is 28.3. The lowest BCUT2D eigenvalue weighted by molar-refractivity contribution is -0.116. The number of amidine groups is 1. The minimum absolute atomic E-state index is 0.0833. The van der Waals surface area contributed by atoms with Crippen molar-refractivity contribution in [3.63, 3.8) is 0 Å². The van der Waals surface area contributed by atoms with E-state index in [1.54, 1.807) is 36.4 Å². The fourth-order valence-corrected chi connectivity index (χ4v) is 3.18. The number of para-hydroxylation sites is 1. The molecule has 23 heavy (non-hydrogen) atoms. The molecule has 3 rings (SSSR count). The van der Waals surface area contributed by atoms with E-state index in [0.717, 1.165) is 5.56 Å². The van der Waals surface area contributed by atoms with E-state index in [4.69, 9.17) is 0 Å². The van der Waals surface area contributed by atoms with Gasteiger partial charge in [0.15, 0.2) is 0 Å². The molecule has 7 heteroatoms. The van der Waals surface area contributed by atoms with Gasteiger partial charge in [-0.05, 0) is 31.2 Å². The van der Waals surface area contributed by atoms with Crippen LogP contribution in [-0.2, 0) is 14.8 Å². The molecule has 2 aromatic carbocycles. The standard InChI is InChI=1S/C16H15N3O3S/c1-12-7-9-14(10-8-12)23(21,22)18-15-11-16(20)19(17-15)13-5-3-2-4-6-13/h2-10H,11H2,1H3,(H,17,18). The zero-order valence-corrected chi connectivity index (χ0v) is 13.2. The largest absolute Gasteiger partial charge is 0.284 e. The van der Waals surface area contributed by atoms with Crippen molar-refractivity contribution in [1.29, 1.82) is 0 Å². The number of rotatable bonds is 3. The van der Waals surface area contributed by atoms with E-state index < -0.39 is 10.0 Å². The lowest BCUT2D eigenvalue weighted by Gasteiger charge is -2.15. The monoisotopic (exact) mass is 329 g/mol. The van der Waals surface area contributed by atoms with E-state index in [-0.39, 0.29) is 23.1 Å². The van der Waals surface area contributed by atoms with Gasteiger partial charge in [-0.3, -0.25) is 10.2 Å². The van der Waals surface area contributed by atoms with Crippen LogP contribution in [0.25, 0.3) is 0 Å². The average Bonchev–Trinajstić information content (AvgIpc) is 2.88. The smallest absolute Gasteiger partial charge is 0.277 e. The topological polar surface area (TPSA) is 78.8 Å². The molecule has 1 fully saturated rings. The van der Waals surface area contributed by atoms with Crippen molar-refractivity contribution in [3.05, 3.63) is 60.2 Å².